The number of aryl methyl sites for hydroxylation is 1. The lowest BCUT2D eigenvalue weighted by molar-refractivity contribution is 0.146. The predicted molar refractivity (Wildman–Crippen MR) is 114 cm³/mol. The number of aromatic nitrogens is 2. The summed E-state index contributed by atoms with van der Waals surface area (Å²) < 4.78 is 54.0. The molecule has 2 aromatic carbocycles. The van der Waals surface area contributed by atoms with Crippen molar-refractivity contribution in [1.29, 1.82) is 0 Å². The molecule has 9 heteroatoms. The van der Waals surface area contributed by atoms with Crippen LogP contribution in [0.5, 0.6) is 0 Å². The molecule has 0 amide bonds. The van der Waals surface area contributed by atoms with Gasteiger partial charge in [-0.25, -0.2) is 23.1 Å². The fourth-order valence-corrected chi connectivity index (χ4v) is 5.76. The van der Waals surface area contributed by atoms with Crippen LogP contribution in [0.1, 0.15) is 36.3 Å². The Morgan fingerprint density at radius 1 is 1.14 bits per heavy atom. The maximum Gasteiger partial charge on any atom is 0.266 e. The van der Waals surface area contributed by atoms with Gasteiger partial charge in [0.2, 0.25) is 0 Å². The molecule has 0 fully saturated rings. The molecule has 4 nitrogen and oxygen atoms in total. The van der Waals surface area contributed by atoms with Gasteiger partial charge in [0, 0.05) is 20.7 Å². The molecule has 0 spiro atoms. The van der Waals surface area contributed by atoms with Crippen LogP contribution in [0.4, 0.5) is 19.0 Å². The molecule has 0 aliphatic rings. The van der Waals surface area contributed by atoms with Gasteiger partial charge in [-0.2, -0.15) is 0 Å². The van der Waals surface area contributed by atoms with E-state index in [0.717, 1.165) is 6.07 Å². The van der Waals surface area contributed by atoms with Crippen molar-refractivity contribution in [1.82, 2.24) is 9.97 Å². The molecular weight excluding hydrogens is 466 g/mol. The Morgan fingerprint density at radius 3 is 2.41 bits per heavy atom. The van der Waals surface area contributed by atoms with Crippen molar-refractivity contribution < 1.29 is 17.7 Å². The highest BCUT2D eigenvalue weighted by molar-refractivity contribution is 9.10. The second-order valence-electron chi connectivity index (χ2n) is 7.21. The van der Waals surface area contributed by atoms with Crippen LogP contribution < -0.4 is 10.6 Å². The number of nitrogens with one attached hydrogen (secondary N) is 1. The summed E-state index contributed by atoms with van der Waals surface area (Å²) in [6, 6.07) is 6.83. The number of hydrogen-bond donors (Lipinski definition) is 1. The van der Waals surface area contributed by atoms with E-state index in [9.17, 15) is 17.7 Å². The molecule has 1 heterocycles. The number of fused-ring (bicyclic) bond motifs is 1. The van der Waals surface area contributed by atoms with E-state index in [1.54, 1.807) is 39.3 Å². The maximum absolute atomic E-state index is 14.5. The molecule has 0 radical (unpaired) electrons. The summed E-state index contributed by atoms with van der Waals surface area (Å²) >= 11 is 3.45. The van der Waals surface area contributed by atoms with E-state index >= 15 is 0 Å². The van der Waals surface area contributed by atoms with Gasteiger partial charge in [0.1, 0.15) is 24.6 Å². The smallest absolute Gasteiger partial charge is 0.266 e. The number of benzene rings is 2. The minimum Gasteiger partial charge on any atom is -0.363 e. The normalized spacial score (nSPS) is 13.1. The van der Waals surface area contributed by atoms with Crippen LogP contribution in [0.15, 0.2) is 34.8 Å². The molecule has 0 saturated heterocycles. The van der Waals surface area contributed by atoms with E-state index in [0.29, 0.717) is 32.3 Å². The summed E-state index contributed by atoms with van der Waals surface area (Å²) in [6.07, 6.45) is -2.90. The number of anilines is 1. The first-order valence-electron chi connectivity index (χ1n) is 8.85. The minimum atomic E-state index is -2.90. The summed E-state index contributed by atoms with van der Waals surface area (Å²) in [4.78, 5) is 8.82. The highest BCUT2D eigenvalue weighted by Gasteiger charge is 2.22. The summed E-state index contributed by atoms with van der Waals surface area (Å²) in [5.74, 6) is -0.0264. The Balaban J connectivity index is 2.10. The Morgan fingerprint density at radius 2 is 1.79 bits per heavy atom. The van der Waals surface area contributed by atoms with Crippen molar-refractivity contribution in [3.63, 3.8) is 0 Å². The third-order valence-electron chi connectivity index (χ3n) is 4.57. The monoisotopic (exact) mass is 485 g/mol. The van der Waals surface area contributed by atoms with Gasteiger partial charge in [-0.15, -0.1) is 0 Å². The molecule has 1 unspecified atom stereocenters. The number of rotatable bonds is 5. The zero-order chi connectivity index (χ0) is 21.5. The Bertz CT molecular complexity index is 1130. The van der Waals surface area contributed by atoms with Crippen molar-refractivity contribution in [2.75, 3.05) is 18.6 Å². The van der Waals surface area contributed by atoms with Gasteiger partial charge in [0.05, 0.1) is 17.1 Å². The first-order valence-corrected chi connectivity index (χ1v) is 12.2. The van der Waals surface area contributed by atoms with E-state index in [1.807, 2.05) is 0 Å². The van der Waals surface area contributed by atoms with Crippen LogP contribution in [-0.4, -0.2) is 23.3 Å². The fraction of sp³-hybridized carbons (Fsp3) is 0.300. The van der Waals surface area contributed by atoms with Gasteiger partial charge < -0.3 is 9.88 Å². The zero-order valence-electron chi connectivity index (χ0n) is 16.3. The average Bonchev–Trinajstić information content (AvgIpc) is 2.59. The highest BCUT2D eigenvalue weighted by atomic mass is 79.9. The van der Waals surface area contributed by atoms with E-state index in [2.05, 4.69) is 31.2 Å². The van der Waals surface area contributed by atoms with E-state index in [4.69, 9.17) is 0 Å². The average molecular weight is 486 g/mol. The van der Waals surface area contributed by atoms with Crippen molar-refractivity contribution >= 4 is 45.1 Å². The molecule has 3 aromatic rings. The number of halogens is 4. The molecule has 0 bridgehead atoms. The van der Waals surface area contributed by atoms with E-state index in [-0.39, 0.29) is 5.56 Å². The molecule has 1 aromatic heterocycles. The first kappa shape index (κ1) is 21.8. The Labute approximate surface area is 175 Å². The zero-order valence-corrected chi connectivity index (χ0v) is 18.8. The fourth-order valence-electron chi connectivity index (χ4n) is 3.13. The SMILES string of the molecule is Cc1nc(NC(C)c2cccc(C(F)F)c2F)c2cc(P(C)(C)=O)c(Br)cc2n1. The summed E-state index contributed by atoms with van der Waals surface area (Å²) in [6.45, 7) is 6.71. The second kappa shape index (κ2) is 8.07. The summed E-state index contributed by atoms with van der Waals surface area (Å²) in [7, 11) is -2.58. The Kier molecular flexibility index (Phi) is 6.06. The maximum atomic E-state index is 14.5. The first-order chi connectivity index (χ1) is 13.5. The Hall–Kier alpha value is -1.92. The van der Waals surface area contributed by atoms with Crippen molar-refractivity contribution in [2.45, 2.75) is 26.3 Å². The molecule has 0 saturated carbocycles. The third-order valence-corrected chi connectivity index (χ3v) is 7.06. The van der Waals surface area contributed by atoms with Gasteiger partial charge in [-0.1, -0.05) is 18.2 Å². The lowest BCUT2D eigenvalue weighted by Gasteiger charge is -2.19. The van der Waals surface area contributed by atoms with Crippen LogP contribution in [0.3, 0.4) is 0 Å². The topological polar surface area (TPSA) is 54.9 Å². The van der Waals surface area contributed by atoms with Gasteiger partial charge in [0.15, 0.2) is 0 Å². The van der Waals surface area contributed by atoms with E-state index in [1.165, 1.54) is 12.1 Å². The summed E-state index contributed by atoms with van der Waals surface area (Å²) in [5, 5.41) is 4.36. The predicted octanol–water partition coefficient (Wildman–Crippen LogP) is 6.20. The second-order valence-corrected chi connectivity index (χ2v) is 11.2. The largest absolute Gasteiger partial charge is 0.363 e. The van der Waals surface area contributed by atoms with Crippen LogP contribution in [-0.2, 0) is 4.57 Å². The number of hydrogen-bond acceptors (Lipinski definition) is 4. The quantitative estimate of drug-likeness (QED) is 0.437. The number of alkyl halides is 2. The molecule has 1 N–H and O–H groups in total. The molecule has 0 aliphatic carbocycles. The standard InChI is InChI=1S/C20H20BrF3N3OP/c1-10(12-6-5-7-13(18(12)22)19(23)24)25-20-14-8-17(29(3,4)28)15(21)9-16(14)26-11(2)27-20/h5-10,19H,1-4H3,(H,25,26,27). The van der Waals surface area contributed by atoms with Gasteiger partial charge in [0.25, 0.3) is 6.43 Å². The van der Waals surface area contributed by atoms with Crippen LogP contribution in [0.2, 0.25) is 0 Å². The third kappa shape index (κ3) is 4.48. The van der Waals surface area contributed by atoms with Crippen molar-refractivity contribution in [2.24, 2.45) is 0 Å². The van der Waals surface area contributed by atoms with Crippen LogP contribution in [0.25, 0.3) is 10.9 Å². The van der Waals surface area contributed by atoms with Gasteiger partial charge in [-0.05, 0) is 55.2 Å². The van der Waals surface area contributed by atoms with Crippen molar-refractivity contribution in [3.8, 4) is 0 Å². The molecule has 29 heavy (non-hydrogen) atoms. The van der Waals surface area contributed by atoms with Crippen LogP contribution >= 0.6 is 23.1 Å². The lowest BCUT2D eigenvalue weighted by atomic mass is 10.0. The molecular formula is C20H20BrF3N3OP. The minimum absolute atomic E-state index is 0.112. The molecule has 154 valence electrons. The molecule has 3 rings (SSSR count). The molecule has 0 aliphatic heterocycles. The van der Waals surface area contributed by atoms with Gasteiger partial charge in [-0.3, -0.25) is 0 Å². The van der Waals surface area contributed by atoms with Crippen LogP contribution in [0, 0.1) is 12.7 Å². The highest BCUT2D eigenvalue weighted by Crippen LogP contribution is 2.40. The number of nitrogens with zero attached hydrogens (tertiary/aromatic N) is 2. The van der Waals surface area contributed by atoms with Crippen molar-refractivity contribution in [3.05, 3.63) is 57.6 Å². The molecule has 1 atom stereocenters. The summed E-state index contributed by atoms with van der Waals surface area (Å²) in [5.41, 5.74) is 0.100. The van der Waals surface area contributed by atoms with E-state index < -0.39 is 31.0 Å². The van der Waals surface area contributed by atoms with Gasteiger partial charge >= 0.3 is 0 Å². The lowest BCUT2D eigenvalue weighted by Crippen LogP contribution is -2.13.